The fourth-order valence-electron chi connectivity index (χ4n) is 7.39. The summed E-state index contributed by atoms with van der Waals surface area (Å²) in [5.74, 6) is 0.685. The minimum atomic E-state index is -0.0481. The summed E-state index contributed by atoms with van der Waals surface area (Å²) in [6.07, 6.45) is 0. The lowest BCUT2D eigenvalue weighted by Crippen LogP contribution is -2.14. The van der Waals surface area contributed by atoms with Crippen LogP contribution in [0.15, 0.2) is 200 Å². The molecular weight excluding hydrogens is 695 g/mol. The number of pyridine rings is 1. The Morgan fingerprint density at radius 2 is 1.16 bits per heavy atom. The van der Waals surface area contributed by atoms with Gasteiger partial charge in [-0.05, 0) is 86.6 Å². The molecule has 0 spiro atoms. The van der Waals surface area contributed by atoms with Gasteiger partial charge in [0.1, 0.15) is 17.3 Å². The summed E-state index contributed by atoms with van der Waals surface area (Å²) in [4.78, 5) is 4.81. The van der Waals surface area contributed by atoms with E-state index in [1.54, 1.807) is 6.07 Å². The van der Waals surface area contributed by atoms with Crippen LogP contribution in [0, 0.1) is 12.3 Å². The van der Waals surface area contributed by atoms with Gasteiger partial charge in [0.15, 0.2) is 0 Å². The predicted molar refractivity (Wildman–Crippen MR) is 241 cm³/mol. The SMILES string of the molecule is Cc1ccccc1.N=C(N)c1cccc(-n2c3cc(-c4ccccc4)ccc3c3c4ccccc4c(-c4ccccc4)cc32)n1.NCc1ccc2ccccc2c1. The Balaban J connectivity index is 0.000000195. The number of amidine groups is 1. The van der Waals surface area contributed by atoms with Crippen molar-refractivity contribution in [2.24, 2.45) is 11.5 Å². The molecule has 0 radical (unpaired) electrons. The molecule has 276 valence electrons. The number of aromatic nitrogens is 2. The van der Waals surface area contributed by atoms with Gasteiger partial charge >= 0.3 is 0 Å². The van der Waals surface area contributed by atoms with Crippen LogP contribution in [0.3, 0.4) is 0 Å². The van der Waals surface area contributed by atoms with Gasteiger partial charge in [0, 0.05) is 17.3 Å². The summed E-state index contributed by atoms with van der Waals surface area (Å²) in [7, 11) is 0. The number of benzene rings is 8. The van der Waals surface area contributed by atoms with E-state index < -0.39 is 0 Å². The van der Waals surface area contributed by atoms with Crippen molar-refractivity contribution in [1.82, 2.24) is 9.55 Å². The Bertz CT molecular complexity index is 2970. The number of rotatable bonds is 5. The molecule has 2 aromatic heterocycles. The highest BCUT2D eigenvalue weighted by Gasteiger charge is 2.19. The second kappa shape index (κ2) is 16.6. The van der Waals surface area contributed by atoms with Gasteiger partial charge in [-0.1, -0.05) is 175 Å². The van der Waals surface area contributed by atoms with Crippen LogP contribution in [-0.2, 0) is 6.54 Å². The first-order valence-electron chi connectivity index (χ1n) is 19.1. The van der Waals surface area contributed by atoms with Crippen LogP contribution in [0.5, 0.6) is 0 Å². The molecule has 2 heterocycles. The molecule has 10 aromatic rings. The normalized spacial score (nSPS) is 10.8. The Morgan fingerprint density at radius 3 is 1.82 bits per heavy atom. The van der Waals surface area contributed by atoms with Gasteiger partial charge in [-0.3, -0.25) is 9.98 Å². The van der Waals surface area contributed by atoms with E-state index in [1.165, 1.54) is 43.6 Å². The molecule has 0 unspecified atom stereocenters. The molecule has 0 fully saturated rings. The van der Waals surface area contributed by atoms with Crippen molar-refractivity contribution in [1.29, 1.82) is 5.41 Å². The van der Waals surface area contributed by atoms with E-state index in [2.05, 4.69) is 151 Å². The van der Waals surface area contributed by atoms with Gasteiger partial charge in [-0.2, -0.15) is 0 Å². The zero-order valence-electron chi connectivity index (χ0n) is 31.8. The van der Waals surface area contributed by atoms with E-state index in [-0.39, 0.29) is 5.84 Å². The summed E-state index contributed by atoms with van der Waals surface area (Å²) >= 11 is 0. The maximum Gasteiger partial charge on any atom is 0.141 e. The maximum absolute atomic E-state index is 7.99. The molecule has 0 bridgehead atoms. The first-order chi connectivity index (χ1) is 28.0. The summed E-state index contributed by atoms with van der Waals surface area (Å²) in [5, 5.41) is 15.3. The Labute approximate surface area is 333 Å². The third kappa shape index (κ3) is 7.78. The van der Waals surface area contributed by atoms with E-state index in [0.717, 1.165) is 38.9 Å². The molecule has 0 saturated heterocycles. The number of hydrogen-bond donors (Lipinski definition) is 3. The van der Waals surface area contributed by atoms with E-state index in [9.17, 15) is 0 Å². The quantitative estimate of drug-likeness (QED) is 0.121. The molecular formula is C52H43N5. The van der Waals surface area contributed by atoms with Crippen LogP contribution in [0.25, 0.3) is 71.4 Å². The summed E-state index contributed by atoms with van der Waals surface area (Å²) in [6, 6.07) is 69.0. The number of nitrogen functional groups attached to an aromatic ring is 1. The second-order valence-electron chi connectivity index (χ2n) is 14.0. The van der Waals surface area contributed by atoms with Gasteiger partial charge < -0.3 is 11.5 Å². The van der Waals surface area contributed by atoms with Crippen molar-refractivity contribution in [3.05, 3.63) is 217 Å². The Kier molecular flexibility index (Phi) is 10.7. The van der Waals surface area contributed by atoms with Crippen LogP contribution in [-0.4, -0.2) is 15.4 Å². The molecule has 5 nitrogen and oxygen atoms in total. The first-order valence-corrected chi connectivity index (χ1v) is 19.1. The average molecular weight is 738 g/mol. The lowest BCUT2D eigenvalue weighted by Gasteiger charge is -2.12. The molecule has 57 heavy (non-hydrogen) atoms. The highest BCUT2D eigenvalue weighted by atomic mass is 15.1. The molecule has 0 aliphatic heterocycles. The third-order valence-corrected chi connectivity index (χ3v) is 10.2. The van der Waals surface area contributed by atoms with Gasteiger partial charge in [0.2, 0.25) is 0 Å². The van der Waals surface area contributed by atoms with Crippen molar-refractivity contribution in [2.75, 3.05) is 0 Å². The van der Waals surface area contributed by atoms with Crippen molar-refractivity contribution in [2.45, 2.75) is 13.5 Å². The number of nitrogens with one attached hydrogen (secondary N) is 1. The van der Waals surface area contributed by atoms with Gasteiger partial charge in [-0.15, -0.1) is 0 Å². The molecule has 0 aliphatic rings. The molecule has 10 rings (SSSR count). The van der Waals surface area contributed by atoms with Crippen LogP contribution in [0.1, 0.15) is 16.8 Å². The van der Waals surface area contributed by atoms with Gasteiger partial charge in [0.05, 0.1) is 11.0 Å². The van der Waals surface area contributed by atoms with E-state index in [4.69, 9.17) is 21.9 Å². The fraction of sp³-hybridized carbons (Fsp3) is 0.0385. The summed E-state index contributed by atoms with van der Waals surface area (Å²) in [5.41, 5.74) is 21.1. The number of aryl methyl sites for hydroxylation is 1. The van der Waals surface area contributed by atoms with Gasteiger partial charge in [0.25, 0.3) is 0 Å². The Hall–Kier alpha value is -7.34. The fourth-order valence-corrected chi connectivity index (χ4v) is 7.39. The highest BCUT2D eigenvalue weighted by molar-refractivity contribution is 6.24. The minimum absolute atomic E-state index is 0.0481. The number of hydrogen-bond acceptors (Lipinski definition) is 3. The van der Waals surface area contributed by atoms with E-state index in [1.807, 2.05) is 54.6 Å². The largest absolute Gasteiger partial charge is 0.382 e. The molecule has 0 atom stereocenters. The smallest absolute Gasteiger partial charge is 0.141 e. The van der Waals surface area contributed by atoms with Crippen LogP contribution in [0.4, 0.5) is 0 Å². The highest BCUT2D eigenvalue weighted by Crippen LogP contribution is 2.42. The van der Waals surface area contributed by atoms with Crippen LogP contribution >= 0.6 is 0 Å². The molecule has 0 amide bonds. The van der Waals surface area contributed by atoms with Crippen molar-refractivity contribution < 1.29 is 0 Å². The Morgan fingerprint density at radius 1 is 0.526 bits per heavy atom. The monoisotopic (exact) mass is 737 g/mol. The lowest BCUT2D eigenvalue weighted by molar-refractivity contribution is 1.07. The number of nitrogens with zero attached hydrogens (tertiary/aromatic N) is 2. The maximum atomic E-state index is 7.99. The first kappa shape index (κ1) is 36.6. The number of nitrogens with two attached hydrogens (primary N) is 2. The van der Waals surface area contributed by atoms with E-state index in [0.29, 0.717) is 12.2 Å². The zero-order valence-corrected chi connectivity index (χ0v) is 31.8. The number of fused-ring (bicyclic) bond motifs is 6. The average Bonchev–Trinajstić information content (AvgIpc) is 3.61. The van der Waals surface area contributed by atoms with Crippen molar-refractivity contribution >= 4 is 49.2 Å². The molecule has 5 N–H and O–H groups in total. The molecule has 0 aliphatic carbocycles. The van der Waals surface area contributed by atoms with Crippen LogP contribution in [0.2, 0.25) is 0 Å². The topological polar surface area (TPSA) is 93.7 Å². The third-order valence-electron chi connectivity index (χ3n) is 10.2. The van der Waals surface area contributed by atoms with Crippen LogP contribution < -0.4 is 11.5 Å². The minimum Gasteiger partial charge on any atom is -0.382 e. The van der Waals surface area contributed by atoms with Crippen molar-refractivity contribution in [3.8, 4) is 28.1 Å². The van der Waals surface area contributed by atoms with E-state index >= 15 is 0 Å². The molecule has 0 saturated carbocycles. The molecule has 8 aromatic carbocycles. The predicted octanol–water partition coefficient (Wildman–Crippen LogP) is 12.2. The summed E-state index contributed by atoms with van der Waals surface area (Å²) < 4.78 is 2.21. The lowest BCUT2D eigenvalue weighted by atomic mass is 9.94. The zero-order chi connectivity index (χ0) is 39.1. The molecule has 5 heteroatoms. The standard InChI is InChI=1S/C34H24N4.C11H11N.C7H8/c35-34(36)29-16-9-17-32(37-29)38-30-20-24(22-10-3-1-4-11-22)18-19-27(30)33-26-15-8-7-14-25(26)28(21-31(33)38)23-12-5-2-6-13-23;12-8-9-5-6-10-3-1-2-4-11(10)7-9;1-7-5-3-2-4-6-7/h1-21H,(H3,35,36);1-7H,8,12H2;2-6H,1H3. The second-order valence-corrected chi connectivity index (χ2v) is 14.0. The van der Waals surface area contributed by atoms with Crippen molar-refractivity contribution in [3.63, 3.8) is 0 Å². The summed E-state index contributed by atoms with van der Waals surface area (Å²) in [6.45, 7) is 2.70. The van der Waals surface area contributed by atoms with Gasteiger partial charge in [-0.25, -0.2) is 4.98 Å².